The highest BCUT2D eigenvalue weighted by molar-refractivity contribution is 5.50. The molecule has 154 valence electrons. The Hall–Kier alpha value is -4.24. The average Bonchev–Trinajstić information content (AvgIpc) is 3.32. The number of nitrogens with zero attached hydrogens (tertiary/aromatic N) is 3. The summed E-state index contributed by atoms with van der Waals surface area (Å²) in [6.07, 6.45) is 46.4. The van der Waals surface area contributed by atoms with E-state index in [4.69, 9.17) is 0 Å². The van der Waals surface area contributed by atoms with Crippen LogP contribution in [0.5, 0.6) is 0 Å². The number of hydrogen-bond donors (Lipinski definition) is 0. The van der Waals surface area contributed by atoms with Crippen molar-refractivity contribution in [3.63, 3.8) is 0 Å². The second-order valence-corrected chi connectivity index (χ2v) is 5.99. The molecule has 0 saturated heterocycles. The van der Waals surface area contributed by atoms with Gasteiger partial charge in [0.15, 0.2) is 0 Å². The first kappa shape index (κ1) is 23.0. The lowest BCUT2D eigenvalue weighted by atomic mass is 10.2. The summed E-state index contributed by atoms with van der Waals surface area (Å²) < 4.78 is 0. The third-order valence-corrected chi connectivity index (χ3v) is 3.61. The second-order valence-electron chi connectivity index (χ2n) is 5.99. The molecular formula is C28H26N3-. The Morgan fingerprint density at radius 1 is 0.484 bits per heavy atom. The quantitative estimate of drug-likeness (QED) is 0.396. The molecule has 0 spiro atoms. The van der Waals surface area contributed by atoms with Gasteiger partial charge in [-0.05, 0) is 17.7 Å². The van der Waals surface area contributed by atoms with Gasteiger partial charge < -0.3 is 9.97 Å². The fourth-order valence-corrected chi connectivity index (χ4v) is 2.15. The Morgan fingerprint density at radius 3 is 1.32 bits per heavy atom. The summed E-state index contributed by atoms with van der Waals surface area (Å²) in [6.45, 7) is 0. The van der Waals surface area contributed by atoms with Gasteiger partial charge in [-0.25, -0.2) is 0 Å². The van der Waals surface area contributed by atoms with Crippen molar-refractivity contribution in [2.45, 2.75) is 0 Å². The second kappa shape index (κ2) is 16.7. The van der Waals surface area contributed by atoms with E-state index < -0.39 is 0 Å². The summed E-state index contributed by atoms with van der Waals surface area (Å²) in [5.74, 6) is 0.722. The summed E-state index contributed by atoms with van der Waals surface area (Å²) in [5, 5.41) is 0. The summed E-state index contributed by atoms with van der Waals surface area (Å²) in [5.41, 5.74) is 1.14. The number of allylic oxidation sites excluding steroid dienone is 18. The van der Waals surface area contributed by atoms with Gasteiger partial charge in [-0.3, -0.25) is 4.98 Å². The molecule has 2 rings (SSSR count). The third-order valence-electron chi connectivity index (χ3n) is 3.61. The van der Waals surface area contributed by atoms with Gasteiger partial charge in [-0.15, -0.1) is 0 Å². The van der Waals surface area contributed by atoms with Crippen molar-refractivity contribution in [3.8, 4) is 0 Å². The maximum absolute atomic E-state index is 4.05. The monoisotopic (exact) mass is 404 g/mol. The fraction of sp³-hybridized carbons (Fsp3) is 0. The van der Waals surface area contributed by atoms with E-state index in [0.717, 1.165) is 11.4 Å². The van der Waals surface area contributed by atoms with Crippen LogP contribution in [0.3, 0.4) is 0 Å². The largest absolute Gasteiger partial charge is 0.443 e. The van der Waals surface area contributed by atoms with Gasteiger partial charge in [0.05, 0.1) is 0 Å². The molecule has 0 atom stereocenters. The predicted octanol–water partition coefficient (Wildman–Crippen LogP) is 6.61. The van der Waals surface area contributed by atoms with Gasteiger partial charge in [0.1, 0.15) is 0 Å². The van der Waals surface area contributed by atoms with E-state index >= 15 is 0 Å². The molecule has 2 aromatic rings. The molecule has 0 bridgehead atoms. The minimum atomic E-state index is 0.722. The highest BCUT2D eigenvalue weighted by Gasteiger charge is 1.79. The van der Waals surface area contributed by atoms with Crippen molar-refractivity contribution in [1.82, 2.24) is 15.0 Å². The molecule has 0 fully saturated rings. The zero-order valence-corrected chi connectivity index (χ0v) is 17.4. The van der Waals surface area contributed by atoms with Crippen LogP contribution < -0.4 is 4.98 Å². The summed E-state index contributed by atoms with van der Waals surface area (Å²) in [6, 6.07) is 3.94. The Kier molecular flexibility index (Phi) is 12.4. The van der Waals surface area contributed by atoms with Crippen LogP contribution in [0.1, 0.15) is 11.4 Å². The standard InChI is InChI=1S/C28H26N3/c1(2-4-6-8-10-12-14-16-18-20-28-30-25-26-31-28)3-5-7-9-11-13-15-17-19-27-21-23-29-24-22-27/h1-26H/q-1/b3-1+,4-2+,7-5+,8-6+,11-9+,12-10+,15-13+,16-14+,19-17+,20-18+. The Labute approximate surface area is 185 Å². The van der Waals surface area contributed by atoms with Crippen LogP contribution in [0.15, 0.2) is 146 Å². The van der Waals surface area contributed by atoms with E-state index in [9.17, 15) is 0 Å². The van der Waals surface area contributed by atoms with E-state index in [1.165, 1.54) is 0 Å². The number of imidazole rings is 1. The molecule has 0 aliphatic heterocycles. The lowest BCUT2D eigenvalue weighted by Crippen LogP contribution is -1.73. The zero-order valence-electron chi connectivity index (χ0n) is 17.4. The Morgan fingerprint density at radius 2 is 0.903 bits per heavy atom. The maximum Gasteiger partial charge on any atom is 0.0273 e. The van der Waals surface area contributed by atoms with E-state index in [1.807, 2.05) is 134 Å². The lowest BCUT2D eigenvalue weighted by Gasteiger charge is -1.89. The number of hydrogen-bond acceptors (Lipinski definition) is 2. The average molecular weight is 405 g/mol. The van der Waals surface area contributed by atoms with Gasteiger partial charge in [0.2, 0.25) is 0 Å². The van der Waals surface area contributed by atoms with E-state index in [-0.39, 0.29) is 0 Å². The van der Waals surface area contributed by atoms with E-state index in [0.29, 0.717) is 0 Å². The van der Waals surface area contributed by atoms with Crippen LogP contribution in [0, 0.1) is 0 Å². The maximum atomic E-state index is 4.05. The topological polar surface area (TPSA) is 39.9 Å². The normalized spacial score (nSPS) is 13.8. The molecular weight excluding hydrogens is 378 g/mol. The Balaban J connectivity index is 1.55. The first-order chi connectivity index (χ1) is 15.4. The molecule has 0 unspecified atom stereocenters. The van der Waals surface area contributed by atoms with Crippen LogP contribution in [0.2, 0.25) is 0 Å². The van der Waals surface area contributed by atoms with Crippen molar-refractivity contribution in [2.75, 3.05) is 0 Å². The SMILES string of the molecule is C(/C=C/C=C/C=C/C=C/C=C/c1ncc[n-]1)=C\C=C\C=C\C=C\C=C\c1ccncc1. The van der Waals surface area contributed by atoms with Crippen molar-refractivity contribution in [3.05, 3.63) is 158 Å². The first-order valence-electron chi connectivity index (χ1n) is 9.97. The molecule has 3 heteroatoms. The molecule has 0 amide bonds. The molecule has 0 N–H and O–H groups in total. The van der Waals surface area contributed by atoms with Crippen molar-refractivity contribution in [1.29, 1.82) is 0 Å². The molecule has 0 aliphatic carbocycles. The van der Waals surface area contributed by atoms with Gasteiger partial charge in [-0.1, -0.05) is 140 Å². The van der Waals surface area contributed by atoms with Gasteiger partial charge in [0.25, 0.3) is 0 Å². The van der Waals surface area contributed by atoms with Crippen LogP contribution in [0.4, 0.5) is 0 Å². The van der Waals surface area contributed by atoms with Crippen molar-refractivity contribution >= 4 is 12.2 Å². The zero-order chi connectivity index (χ0) is 21.7. The van der Waals surface area contributed by atoms with E-state index in [2.05, 4.69) is 15.0 Å². The molecule has 3 nitrogen and oxygen atoms in total. The number of rotatable bonds is 11. The number of aromatic nitrogens is 3. The minimum absolute atomic E-state index is 0.722. The van der Waals surface area contributed by atoms with Crippen molar-refractivity contribution in [2.24, 2.45) is 0 Å². The summed E-state index contributed by atoms with van der Waals surface area (Å²) in [4.78, 5) is 12.1. The highest BCUT2D eigenvalue weighted by Crippen LogP contribution is 1.99. The van der Waals surface area contributed by atoms with E-state index in [1.54, 1.807) is 24.8 Å². The van der Waals surface area contributed by atoms with Gasteiger partial charge in [-0.2, -0.15) is 0 Å². The van der Waals surface area contributed by atoms with Crippen LogP contribution in [-0.2, 0) is 0 Å². The molecule has 2 aromatic heterocycles. The predicted molar refractivity (Wildman–Crippen MR) is 133 cm³/mol. The van der Waals surface area contributed by atoms with Gasteiger partial charge in [0, 0.05) is 12.4 Å². The van der Waals surface area contributed by atoms with Crippen LogP contribution >= 0.6 is 0 Å². The Bertz CT molecular complexity index is 1010. The molecule has 31 heavy (non-hydrogen) atoms. The van der Waals surface area contributed by atoms with Crippen LogP contribution in [0.25, 0.3) is 12.2 Å². The lowest BCUT2D eigenvalue weighted by molar-refractivity contribution is 1.24. The number of pyridine rings is 1. The minimum Gasteiger partial charge on any atom is -0.443 e. The highest BCUT2D eigenvalue weighted by atomic mass is 14.9. The van der Waals surface area contributed by atoms with Gasteiger partial charge >= 0.3 is 0 Å². The molecule has 0 radical (unpaired) electrons. The smallest absolute Gasteiger partial charge is 0.0273 e. The molecule has 0 saturated carbocycles. The molecule has 0 aromatic carbocycles. The third kappa shape index (κ3) is 12.8. The molecule has 0 aliphatic rings. The molecule has 2 heterocycles. The fourth-order valence-electron chi connectivity index (χ4n) is 2.15. The summed E-state index contributed by atoms with van der Waals surface area (Å²) >= 11 is 0. The first-order valence-corrected chi connectivity index (χ1v) is 9.97. The van der Waals surface area contributed by atoms with Crippen molar-refractivity contribution < 1.29 is 0 Å². The summed E-state index contributed by atoms with van der Waals surface area (Å²) in [7, 11) is 0. The van der Waals surface area contributed by atoms with Crippen LogP contribution in [-0.4, -0.2) is 9.97 Å².